The largest absolute Gasteiger partial charge is 0.486 e. The van der Waals surface area contributed by atoms with Crippen LogP contribution in [0.3, 0.4) is 0 Å². The van der Waals surface area contributed by atoms with Crippen LogP contribution >= 0.6 is 0 Å². The molecule has 6 bridgehead atoms. The van der Waals surface area contributed by atoms with E-state index in [9.17, 15) is 0 Å². The molecule has 0 aromatic carbocycles. The third kappa shape index (κ3) is 8.42. The molecule has 10 N–H and O–H groups in total. The van der Waals surface area contributed by atoms with E-state index in [0.717, 1.165) is 24.9 Å². The Kier molecular flexibility index (Phi) is 12.4. The zero-order valence-electron chi connectivity index (χ0n) is 24.8. The number of hydrogen-bond donors (Lipinski definition) is 5. The molecule has 0 saturated carbocycles. The standard InChI is InChI=1S/C22H53N5O9Si5/c1-37(13-3-8-23)28-18-20-22-21-19-29-38(2,14-4-9-24)34-40(31-21,16-6-11-26)36-41(32-22,17-7-12-27)35-39(30-20,33-37)15-5-10-25/h20-22H,3-19,23-27H2,1-2H3. The number of nitrogens with two attached hydrogens (primary N) is 5. The maximum atomic E-state index is 7.17. The van der Waals surface area contributed by atoms with Crippen molar-refractivity contribution in [2.75, 3.05) is 45.9 Å². The van der Waals surface area contributed by atoms with Gasteiger partial charge in [0.1, 0.15) is 6.10 Å². The zero-order valence-corrected chi connectivity index (χ0v) is 29.8. The predicted octanol–water partition coefficient (Wildman–Crippen LogP) is 0.000700. The average molecular weight is 672 g/mol. The summed E-state index contributed by atoms with van der Waals surface area (Å²) in [5.41, 5.74) is 29.8. The van der Waals surface area contributed by atoms with Crippen LogP contribution < -0.4 is 28.7 Å². The van der Waals surface area contributed by atoms with Gasteiger partial charge in [0.05, 0.1) is 25.4 Å². The predicted molar refractivity (Wildman–Crippen MR) is 164 cm³/mol. The molecule has 0 amide bonds. The van der Waals surface area contributed by atoms with Gasteiger partial charge in [0.2, 0.25) is 0 Å². The number of hydrogen-bond acceptors (Lipinski definition) is 14. The fraction of sp³-hybridized carbons (Fsp3) is 1.00. The second-order valence-electron chi connectivity index (χ2n) is 11.7. The molecule has 6 atom stereocenters. The summed E-state index contributed by atoms with van der Waals surface area (Å²) in [5, 5.41) is 0. The fourth-order valence-electron chi connectivity index (χ4n) is 5.90. The van der Waals surface area contributed by atoms with Crippen LogP contribution in [0.4, 0.5) is 0 Å². The first-order valence-corrected chi connectivity index (χ1v) is 26.1. The summed E-state index contributed by atoms with van der Waals surface area (Å²) in [5.74, 6) is 0. The van der Waals surface area contributed by atoms with E-state index < -0.39 is 61.8 Å². The van der Waals surface area contributed by atoms with Crippen molar-refractivity contribution in [3.8, 4) is 0 Å². The van der Waals surface area contributed by atoms with Gasteiger partial charge in [0.25, 0.3) is 0 Å². The maximum Gasteiger partial charge on any atom is 0.486 e. The molecule has 0 aliphatic carbocycles. The Morgan fingerprint density at radius 2 is 0.829 bits per heavy atom. The van der Waals surface area contributed by atoms with E-state index in [1.165, 1.54) is 0 Å². The molecule has 19 heteroatoms. The van der Waals surface area contributed by atoms with Gasteiger partial charge in [-0.05, 0) is 90.0 Å². The molecular weight excluding hydrogens is 619 g/mol. The summed E-state index contributed by atoms with van der Waals surface area (Å²) in [6.07, 6.45) is 2.02. The molecule has 14 nitrogen and oxygen atoms in total. The lowest BCUT2D eigenvalue weighted by Gasteiger charge is -2.42. The van der Waals surface area contributed by atoms with Gasteiger partial charge >= 0.3 is 43.5 Å². The summed E-state index contributed by atoms with van der Waals surface area (Å²) in [4.78, 5) is 0. The summed E-state index contributed by atoms with van der Waals surface area (Å²) >= 11 is 0. The van der Waals surface area contributed by atoms with E-state index in [2.05, 4.69) is 13.1 Å². The molecule has 4 fully saturated rings. The minimum atomic E-state index is -3.56. The minimum absolute atomic E-state index is 0.292. The van der Waals surface area contributed by atoms with Crippen LogP contribution in [0.1, 0.15) is 32.1 Å². The van der Waals surface area contributed by atoms with Crippen molar-refractivity contribution < 1.29 is 38.6 Å². The molecule has 6 unspecified atom stereocenters. The molecule has 41 heavy (non-hydrogen) atoms. The Morgan fingerprint density at radius 1 is 0.488 bits per heavy atom. The van der Waals surface area contributed by atoms with E-state index in [1.54, 1.807) is 0 Å². The van der Waals surface area contributed by atoms with Gasteiger partial charge in [-0.25, -0.2) is 0 Å². The smallest absolute Gasteiger partial charge is 0.393 e. The second-order valence-corrected chi connectivity index (χ2v) is 27.4. The van der Waals surface area contributed by atoms with Crippen molar-refractivity contribution >= 4 is 43.5 Å². The van der Waals surface area contributed by atoms with Gasteiger partial charge in [-0.3, -0.25) is 0 Å². The van der Waals surface area contributed by atoms with Gasteiger partial charge in [-0.1, -0.05) is 0 Å². The molecule has 240 valence electrons. The number of rotatable bonds is 15. The highest BCUT2D eigenvalue weighted by molar-refractivity contribution is 6.87. The van der Waals surface area contributed by atoms with Gasteiger partial charge in [-0.15, -0.1) is 0 Å². The summed E-state index contributed by atoms with van der Waals surface area (Å²) < 4.78 is 62.2. The first-order chi connectivity index (χ1) is 19.6. The van der Waals surface area contributed by atoms with Gasteiger partial charge < -0.3 is 67.3 Å². The monoisotopic (exact) mass is 671 g/mol. The van der Waals surface area contributed by atoms with Gasteiger partial charge in [0, 0.05) is 18.1 Å². The molecule has 0 aromatic rings. The van der Waals surface area contributed by atoms with Crippen LogP contribution in [-0.4, -0.2) is 108 Å². The van der Waals surface area contributed by atoms with E-state index in [0.29, 0.717) is 83.3 Å². The topological polar surface area (TPSA) is 213 Å². The lowest BCUT2D eigenvalue weighted by molar-refractivity contribution is -0.0529. The van der Waals surface area contributed by atoms with Crippen molar-refractivity contribution in [1.82, 2.24) is 0 Å². The molecule has 4 aliphatic heterocycles. The highest BCUT2D eigenvalue weighted by Gasteiger charge is 2.70. The van der Waals surface area contributed by atoms with Crippen molar-refractivity contribution in [2.45, 2.75) is 93.7 Å². The van der Waals surface area contributed by atoms with Crippen LogP contribution in [0.15, 0.2) is 0 Å². The highest BCUT2D eigenvalue weighted by atomic mass is 28.5. The first kappa shape index (κ1) is 34.4. The van der Waals surface area contributed by atoms with Crippen molar-refractivity contribution in [1.29, 1.82) is 0 Å². The normalized spacial score (nSPS) is 42.7. The Morgan fingerprint density at radius 3 is 1.20 bits per heavy atom. The van der Waals surface area contributed by atoms with E-state index in [4.69, 9.17) is 67.3 Å². The van der Waals surface area contributed by atoms with Crippen LogP contribution in [0.2, 0.25) is 43.3 Å². The van der Waals surface area contributed by atoms with Crippen molar-refractivity contribution in [3.05, 3.63) is 0 Å². The summed E-state index contributed by atoms with van der Waals surface area (Å²) in [6.45, 7) is 7.23. The molecule has 0 aromatic heterocycles. The Labute approximate surface area is 250 Å². The third-order valence-corrected chi connectivity index (χ3v) is 27.8. The average Bonchev–Trinajstić information content (AvgIpc) is 3.30. The van der Waals surface area contributed by atoms with Crippen molar-refractivity contribution in [3.63, 3.8) is 0 Å². The minimum Gasteiger partial charge on any atom is -0.393 e. The van der Waals surface area contributed by atoms with Crippen LogP contribution in [0, 0.1) is 0 Å². The Balaban J connectivity index is 1.81. The summed E-state index contributed by atoms with van der Waals surface area (Å²) in [7, 11) is -15.9. The third-order valence-electron chi connectivity index (χ3n) is 7.91. The molecule has 4 aliphatic rings. The molecule has 0 spiro atoms. The van der Waals surface area contributed by atoms with Gasteiger partial charge in [0.15, 0.2) is 0 Å². The van der Waals surface area contributed by atoms with E-state index in [-0.39, 0.29) is 0 Å². The second kappa shape index (κ2) is 14.7. The number of fused-ring (bicyclic) bond motifs is 8. The first-order valence-electron chi connectivity index (χ1n) is 15.2. The van der Waals surface area contributed by atoms with Gasteiger partial charge in [-0.2, -0.15) is 0 Å². The molecular formula is C22H53N5O9Si5. The molecule has 4 saturated heterocycles. The lowest BCUT2D eigenvalue weighted by Crippen LogP contribution is -2.65. The quantitative estimate of drug-likeness (QED) is 0.145. The van der Waals surface area contributed by atoms with Crippen LogP contribution in [0.5, 0.6) is 0 Å². The fourth-order valence-corrected chi connectivity index (χ4v) is 28.8. The zero-order chi connectivity index (χ0) is 29.6. The maximum absolute atomic E-state index is 7.17. The van der Waals surface area contributed by atoms with E-state index >= 15 is 0 Å². The van der Waals surface area contributed by atoms with Crippen molar-refractivity contribution in [2.24, 2.45) is 28.7 Å². The van der Waals surface area contributed by atoms with Crippen LogP contribution in [-0.2, 0) is 38.6 Å². The molecule has 4 heterocycles. The van der Waals surface area contributed by atoms with E-state index in [1.807, 2.05) is 0 Å². The molecule has 4 rings (SSSR count). The Hall–Kier alpha value is 0.524. The highest BCUT2D eigenvalue weighted by Crippen LogP contribution is 2.46. The Bertz CT molecular complexity index is 795. The SMILES string of the molecule is C[Si]1(CCCN)OCC2O[Si](CCCN)(O1)O[Si]1(CCCN)OC2C2CO[Si](C)(CCCN)O[Si](CCCN)(O2)O1. The molecule has 0 radical (unpaired) electrons. The lowest BCUT2D eigenvalue weighted by atomic mass is 10.1. The summed E-state index contributed by atoms with van der Waals surface area (Å²) in [6, 6.07) is 3.04. The van der Waals surface area contributed by atoms with Crippen LogP contribution in [0.25, 0.3) is 0 Å².